The van der Waals surface area contributed by atoms with E-state index in [1.54, 1.807) is 0 Å². The molecule has 17 heavy (non-hydrogen) atoms. The van der Waals surface area contributed by atoms with Gasteiger partial charge in [-0.15, -0.1) is 0 Å². The van der Waals surface area contributed by atoms with Crippen molar-refractivity contribution < 1.29 is 4.74 Å². The molecule has 0 amide bonds. The Morgan fingerprint density at radius 3 is 2.18 bits per heavy atom. The number of hydrogen-bond donors (Lipinski definition) is 0. The number of ether oxygens (including phenoxy) is 1. The summed E-state index contributed by atoms with van der Waals surface area (Å²) in [5.41, 5.74) is 2.93. The molecule has 0 radical (unpaired) electrons. The van der Waals surface area contributed by atoms with Crippen LogP contribution >= 0.6 is 0 Å². The Labute approximate surface area is 108 Å². The van der Waals surface area contributed by atoms with E-state index < -0.39 is 0 Å². The zero-order chi connectivity index (χ0) is 12.5. The van der Waals surface area contributed by atoms with Crippen molar-refractivity contribution in [3.8, 4) is 0 Å². The maximum atomic E-state index is 5.95. The molecule has 0 atom stereocenters. The summed E-state index contributed by atoms with van der Waals surface area (Å²) < 4.78 is 5.95. The van der Waals surface area contributed by atoms with Gasteiger partial charge in [0.05, 0.1) is 0 Å². The summed E-state index contributed by atoms with van der Waals surface area (Å²) in [5, 5.41) is 0. The van der Waals surface area contributed by atoms with Crippen LogP contribution in [-0.4, -0.2) is 19.0 Å². The molecule has 1 nitrogen and oxygen atoms in total. The van der Waals surface area contributed by atoms with Gasteiger partial charge in [0.25, 0.3) is 0 Å². The average molecular weight is 234 g/mol. The molecule has 0 unspecified atom stereocenters. The Hall–Kier alpha value is -0.525. The standard InChI is InChI=1S/C15H27BO/c1-4-7-10-13-15(17-12-9-6-3)14(16-13)11-8-5-2/h4-12H2,1-3H3. The SMILES string of the molecule is CCCCOC1=C(CCCC)B=C1CCCC. The first-order chi connectivity index (χ1) is 8.33. The van der Waals surface area contributed by atoms with Crippen LogP contribution in [0.2, 0.25) is 0 Å². The Morgan fingerprint density at radius 2 is 1.53 bits per heavy atom. The summed E-state index contributed by atoms with van der Waals surface area (Å²) in [6.07, 6.45) is 9.90. The Kier molecular flexibility index (Phi) is 7.31. The van der Waals surface area contributed by atoms with Gasteiger partial charge < -0.3 is 0 Å². The molecule has 1 rings (SSSR count). The molecule has 0 saturated carbocycles. The zero-order valence-electron chi connectivity index (χ0n) is 11.8. The zero-order valence-corrected chi connectivity index (χ0v) is 11.8. The Bertz CT molecular complexity index is 279. The third-order valence-corrected chi connectivity index (χ3v) is 3.28. The van der Waals surface area contributed by atoms with Crippen molar-refractivity contribution in [2.24, 2.45) is 0 Å². The molecule has 0 aliphatic carbocycles. The van der Waals surface area contributed by atoms with Crippen molar-refractivity contribution in [3.05, 3.63) is 11.2 Å². The van der Waals surface area contributed by atoms with Gasteiger partial charge in [0.2, 0.25) is 0 Å². The van der Waals surface area contributed by atoms with E-state index in [4.69, 9.17) is 4.74 Å². The van der Waals surface area contributed by atoms with E-state index in [9.17, 15) is 0 Å². The second kappa shape index (κ2) is 8.55. The van der Waals surface area contributed by atoms with E-state index >= 15 is 0 Å². The van der Waals surface area contributed by atoms with Crippen LogP contribution in [0.5, 0.6) is 0 Å². The monoisotopic (exact) mass is 234 g/mol. The van der Waals surface area contributed by atoms with E-state index in [0.29, 0.717) is 0 Å². The van der Waals surface area contributed by atoms with Gasteiger partial charge in [0.15, 0.2) is 0 Å². The molecule has 0 N–H and O–H groups in total. The fourth-order valence-electron chi connectivity index (χ4n) is 2.08. The van der Waals surface area contributed by atoms with Gasteiger partial charge in [-0.05, 0) is 0 Å². The summed E-state index contributed by atoms with van der Waals surface area (Å²) >= 11 is 0. The first-order valence-corrected chi connectivity index (χ1v) is 7.40. The van der Waals surface area contributed by atoms with Crippen molar-refractivity contribution in [1.82, 2.24) is 0 Å². The second-order valence-corrected chi connectivity index (χ2v) is 4.93. The summed E-state index contributed by atoms with van der Waals surface area (Å²) in [7, 11) is 0. The van der Waals surface area contributed by atoms with E-state index in [0.717, 1.165) is 6.61 Å². The van der Waals surface area contributed by atoms with Gasteiger partial charge in [-0.2, -0.15) is 0 Å². The minimum atomic E-state index is 0.894. The molecular formula is C15H27BO. The van der Waals surface area contributed by atoms with Gasteiger partial charge in [0, 0.05) is 0 Å². The third kappa shape index (κ3) is 4.69. The van der Waals surface area contributed by atoms with Crippen LogP contribution in [0.15, 0.2) is 11.2 Å². The molecule has 1 aliphatic heterocycles. The topological polar surface area (TPSA) is 9.23 Å². The molecule has 2 heteroatoms. The van der Waals surface area contributed by atoms with Crippen LogP contribution in [0.25, 0.3) is 0 Å². The normalized spacial score (nSPS) is 14.2. The van der Waals surface area contributed by atoms with Crippen LogP contribution in [-0.2, 0) is 4.74 Å². The minimum absolute atomic E-state index is 0.894. The molecule has 0 spiro atoms. The Morgan fingerprint density at radius 1 is 0.882 bits per heavy atom. The first kappa shape index (κ1) is 14.5. The molecule has 0 fully saturated rings. The molecule has 0 aromatic heterocycles. The van der Waals surface area contributed by atoms with Crippen LogP contribution in [0.1, 0.15) is 72.1 Å². The Balaban J connectivity index is 2.40. The molecular weight excluding hydrogens is 207 g/mol. The van der Waals surface area contributed by atoms with Gasteiger partial charge in [-0.3, -0.25) is 0 Å². The summed E-state index contributed by atoms with van der Waals surface area (Å²) in [4.78, 5) is 0. The summed E-state index contributed by atoms with van der Waals surface area (Å²) in [5.74, 6) is 1.25. The summed E-state index contributed by atoms with van der Waals surface area (Å²) in [6.45, 7) is 9.97. The average Bonchev–Trinajstić information content (AvgIpc) is 2.33. The van der Waals surface area contributed by atoms with Crippen LogP contribution < -0.4 is 0 Å². The van der Waals surface area contributed by atoms with Gasteiger partial charge in [-0.1, -0.05) is 0 Å². The molecule has 0 bridgehead atoms. The van der Waals surface area contributed by atoms with Gasteiger partial charge in [0.1, 0.15) is 0 Å². The van der Waals surface area contributed by atoms with E-state index in [-0.39, 0.29) is 0 Å². The van der Waals surface area contributed by atoms with E-state index in [1.165, 1.54) is 68.1 Å². The maximum absolute atomic E-state index is 5.95. The third-order valence-electron chi connectivity index (χ3n) is 3.28. The van der Waals surface area contributed by atoms with E-state index in [1.807, 2.05) is 0 Å². The van der Waals surface area contributed by atoms with Crippen molar-refractivity contribution in [1.29, 1.82) is 0 Å². The van der Waals surface area contributed by atoms with Crippen molar-refractivity contribution in [2.45, 2.75) is 72.1 Å². The van der Waals surface area contributed by atoms with Crippen LogP contribution in [0.4, 0.5) is 0 Å². The molecule has 1 aliphatic rings. The number of allylic oxidation sites excluding steroid dienone is 2. The first-order valence-electron chi connectivity index (χ1n) is 7.40. The fourth-order valence-corrected chi connectivity index (χ4v) is 2.08. The molecule has 0 aromatic rings. The number of unbranched alkanes of at least 4 members (excludes halogenated alkanes) is 3. The van der Waals surface area contributed by atoms with Crippen molar-refractivity contribution >= 4 is 12.4 Å². The number of hydrogen-bond acceptors (Lipinski definition) is 1. The quantitative estimate of drug-likeness (QED) is 0.405. The number of rotatable bonds is 10. The molecule has 0 aromatic carbocycles. The van der Waals surface area contributed by atoms with Crippen LogP contribution in [0.3, 0.4) is 0 Å². The van der Waals surface area contributed by atoms with Gasteiger partial charge >= 0.3 is 107 Å². The fraction of sp³-hybridized carbons (Fsp3) is 0.800. The van der Waals surface area contributed by atoms with Crippen LogP contribution in [0, 0.1) is 0 Å². The van der Waals surface area contributed by atoms with Crippen molar-refractivity contribution in [3.63, 3.8) is 0 Å². The second-order valence-electron chi connectivity index (χ2n) is 4.93. The van der Waals surface area contributed by atoms with Gasteiger partial charge in [-0.25, -0.2) is 0 Å². The van der Waals surface area contributed by atoms with E-state index in [2.05, 4.69) is 27.7 Å². The predicted molar refractivity (Wildman–Crippen MR) is 77.7 cm³/mol. The van der Waals surface area contributed by atoms with Crippen molar-refractivity contribution in [2.75, 3.05) is 6.61 Å². The molecule has 1 heterocycles. The predicted octanol–water partition coefficient (Wildman–Crippen LogP) is 4.29. The molecule has 96 valence electrons. The summed E-state index contributed by atoms with van der Waals surface area (Å²) in [6, 6.07) is 0. The molecule has 0 saturated heterocycles.